The number of thiophene rings is 1. The van der Waals surface area contributed by atoms with E-state index in [1.807, 2.05) is 22.4 Å². The summed E-state index contributed by atoms with van der Waals surface area (Å²) in [6.45, 7) is 5.08. The van der Waals surface area contributed by atoms with Crippen LogP contribution in [0, 0.1) is 0 Å². The van der Waals surface area contributed by atoms with Crippen LogP contribution in [0.4, 0.5) is 0 Å². The van der Waals surface area contributed by atoms with Crippen LogP contribution in [0.3, 0.4) is 0 Å². The molecule has 0 spiro atoms. The third-order valence-corrected chi connectivity index (χ3v) is 7.66. The molecule has 190 valence electrons. The van der Waals surface area contributed by atoms with Crippen LogP contribution in [-0.4, -0.2) is 53.8 Å². The molecule has 1 atom stereocenters. The lowest BCUT2D eigenvalue weighted by Crippen LogP contribution is -2.47. The van der Waals surface area contributed by atoms with Crippen LogP contribution in [0.15, 0.2) is 29.6 Å². The molecule has 1 unspecified atom stereocenters. The van der Waals surface area contributed by atoms with Gasteiger partial charge in [-0.2, -0.15) is 0 Å². The number of carbonyl (C=O) groups excluding carboxylic acids is 3. The van der Waals surface area contributed by atoms with Gasteiger partial charge in [0.05, 0.1) is 25.6 Å². The first kappa shape index (κ1) is 27.5. The molecule has 2 amide bonds. The van der Waals surface area contributed by atoms with Crippen molar-refractivity contribution >= 4 is 52.3 Å². The molecule has 6 nitrogen and oxygen atoms in total. The highest BCUT2D eigenvalue weighted by Crippen LogP contribution is 2.41. The Bertz CT molecular complexity index is 1040. The molecule has 0 aliphatic carbocycles. The number of unbranched alkanes of at least 4 members (excludes halogenated alkanes) is 2. The molecule has 0 fully saturated rings. The number of nitrogens with zero attached hydrogens (tertiary/aromatic N) is 2. The zero-order valence-corrected chi connectivity index (χ0v) is 22.6. The number of ether oxygens (including phenoxy) is 1. The Labute approximate surface area is 221 Å². The van der Waals surface area contributed by atoms with Gasteiger partial charge in [-0.3, -0.25) is 14.4 Å². The van der Waals surface area contributed by atoms with Gasteiger partial charge in [-0.05, 0) is 54.5 Å². The van der Waals surface area contributed by atoms with Crippen LogP contribution < -0.4 is 0 Å². The van der Waals surface area contributed by atoms with Gasteiger partial charge < -0.3 is 14.5 Å². The highest BCUT2D eigenvalue weighted by Gasteiger charge is 2.35. The summed E-state index contributed by atoms with van der Waals surface area (Å²) in [6, 6.07) is 7.04. The molecular formula is C26H32Cl2N2O4S. The van der Waals surface area contributed by atoms with Gasteiger partial charge in [0, 0.05) is 34.4 Å². The molecule has 1 aliphatic rings. The molecule has 1 aromatic heterocycles. The maximum absolute atomic E-state index is 13.7. The molecule has 0 saturated carbocycles. The van der Waals surface area contributed by atoms with Crippen molar-refractivity contribution < 1.29 is 19.1 Å². The molecule has 2 heterocycles. The van der Waals surface area contributed by atoms with E-state index in [1.54, 1.807) is 35.3 Å². The van der Waals surface area contributed by atoms with Crippen molar-refractivity contribution in [2.24, 2.45) is 0 Å². The average molecular weight is 540 g/mol. The van der Waals surface area contributed by atoms with Crippen molar-refractivity contribution in [1.29, 1.82) is 0 Å². The van der Waals surface area contributed by atoms with Gasteiger partial charge in [-0.25, -0.2) is 0 Å². The summed E-state index contributed by atoms with van der Waals surface area (Å²) >= 11 is 14.4. The van der Waals surface area contributed by atoms with Gasteiger partial charge in [-0.1, -0.05) is 49.0 Å². The van der Waals surface area contributed by atoms with E-state index in [0.29, 0.717) is 23.1 Å². The van der Waals surface area contributed by atoms with Crippen LogP contribution in [-0.2, 0) is 25.5 Å². The molecule has 1 aromatic carbocycles. The highest BCUT2D eigenvalue weighted by atomic mass is 35.5. The third kappa shape index (κ3) is 7.21. The lowest BCUT2D eigenvalue weighted by Gasteiger charge is -2.38. The predicted molar refractivity (Wildman–Crippen MR) is 140 cm³/mol. The van der Waals surface area contributed by atoms with E-state index >= 15 is 0 Å². The Hall–Kier alpha value is -2.09. The Kier molecular flexibility index (Phi) is 10.4. The van der Waals surface area contributed by atoms with Crippen molar-refractivity contribution in [3.8, 4) is 0 Å². The number of esters is 1. The fraction of sp³-hybridized carbons (Fsp3) is 0.500. The number of hydrogen-bond donors (Lipinski definition) is 0. The maximum Gasteiger partial charge on any atom is 0.306 e. The van der Waals surface area contributed by atoms with E-state index in [9.17, 15) is 14.4 Å². The van der Waals surface area contributed by atoms with Crippen molar-refractivity contribution in [3.63, 3.8) is 0 Å². The number of amides is 2. The topological polar surface area (TPSA) is 66.9 Å². The Morgan fingerprint density at radius 1 is 1.11 bits per heavy atom. The zero-order valence-electron chi connectivity index (χ0n) is 20.2. The molecule has 2 aromatic rings. The van der Waals surface area contributed by atoms with Gasteiger partial charge in [0.1, 0.15) is 0 Å². The fourth-order valence-corrected chi connectivity index (χ4v) is 5.76. The van der Waals surface area contributed by atoms with E-state index in [2.05, 4.69) is 6.92 Å². The summed E-state index contributed by atoms with van der Waals surface area (Å²) in [5.74, 6) is -0.755. The van der Waals surface area contributed by atoms with Crippen LogP contribution >= 0.6 is 34.5 Å². The van der Waals surface area contributed by atoms with Crippen LogP contribution in [0.5, 0.6) is 0 Å². The number of carbonyl (C=O) groups is 3. The van der Waals surface area contributed by atoms with Gasteiger partial charge in [-0.15, -0.1) is 11.3 Å². The molecule has 0 radical (unpaired) electrons. The minimum atomic E-state index is -0.404. The minimum Gasteiger partial charge on any atom is -0.466 e. The first-order valence-electron chi connectivity index (χ1n) is 12.1. The first-order chi connectivity index (χ1) is 16.8. The average Bonchev–Trinajstić information content (AvgIpc) is 3.31. The summed E-state index contributed by atoms with van der Waals surface area (Å²) in [5, 5.41) is 3.07. The second-order valence-electron chi connectivity index (χ2n) is 8.53. The molecule has 1 aliphatic heterocycles. The molecule has 9 heteroatoms. The number of hydrogen-bond acceptors (Lipinski definition) is 5. The minimum absolute atomic E-state index is 0.0100. The standard InChI is InChI=1S/C26H32Cl2N2O4S/c1-3-5-6-13-29(23(31)9-10-25(33)34-4-2)17-24(32)30-14-11-22-20(12-15-35-22)26(30)19-8-7-18(27)16-21(19)28/h7-8,12,15-16,26H,3-6,9-11,13-14,17H2,1-2H3. The molecule has 35 heavy (non-hydrogen) atoms. The van der Waals surface area contributed by atoms with Crippen LogP contribution in [0.2, 0.25) is 10.0 Å². The van der Waals surface area contributed by atoms with Crippen molar-refractivity contribution in [1.82, 2.24) is 9.80 Å². The summed E-state index contributed by atoms with van der Waals surface area (Å²) in [5.41, 5.74) is 1.87. The first-order valence-corrected chi connectivity index (χ1v) is 13.7. The van der Waals surface area contributed by atoms with Gasteiger partial charge in [0.25, 0.3) is 0 Å². The number of benzene rings is 1. The second-order valence-corrected chi connectivity index (χ2v) is 10.4. The van der Waals surface area contributed by atoms with Gasteiger partial charge >= 0.3 is 5.97 Å². The third-order valence-electron chi connectivity index (χ3n) is 6.10. The van der Waals surface area contributed by atoms with E-state index in [1.165, 1.54) is 4.88 Å². The SMILES string of the molecule is CCCCCN(CC(=O)N1CCc2sccc2C1c1ccc(Cl)cc1Cl)C(=O)CCC(=O)OCC. The molecular weight excluding hydrogens is 507 g/mol. The maximum atomic E-state index is 13.7. The normalized spacial score (nSPS) is 15.0. The largest absolute Gasteiger partial charge is 0.466 e. The number of fused-ring (bicyclic) bond motifs is 1. The zero-order chi connectivity index (χ0) is 25.4. The lowest BCUT2D eigenvalue weighted by molar-refractivity contribution is -0.146. The van der Waals surface area contributed by atoms with E-state index in [0.717, 1.165) is 36.8 Å². The summed E-state index contributed by atoms with van der Waals surface area (Å²) in [7, 11) is 0. The molecule has 0 bridgehead atoms. The molecule has 0 N–H and O–H groups in total. The quantitative estimate of drug-likeness (QED) is 0.264. The second kappa shape index (κ2) is 13.3. The monoisotopic (exact) mass is 538 g/mol. The highest BCUT2D eigenvalue weighted by molar-refractivity contribution is 7.10. The van der Waals surface area contributed by atoms with E-state index in [4.69, 9.17) is 27.9 Å². The Balaban J connectivity index is 1.81. The summed E-state index contributed by atoms with van der Waals surface area (Å²) < 4.78 is 4.95. The number of rotatable bonds is 11. The van der Waals surface area contributed by atoms with Crippen LogP contribution in [0.1, 0.15) is 68.0 Å². The molecule has 0 saturated heterocycles. The van der Waals surface area contributed by atoms with Gasteiger partial charge in [0.2, 0.25) is 11.8 Å². The summed E-state index contributed by atoms with van der Waals surface area (Å²) in [4.78, 5) is 43.0. The van der Waals surface area contributed by atoms with Crippen LogP contribution in [0.25, 0.3) is 0 Å². The fourth-order valence-electron chi connectivity index (χ4n) is 4.34. The smallest absolute Gasteiger partial charge is 0.306 e. The molecule has 3 rings (SSSR count). The van der Waals surface area contributed by atoms with E-state index < -0.39 is 5.97 Å². The summed E-state index contributed by atoms with van der Waals surface area (Å²) in [6.07, 6.45) is 3.56. The Morgan fingerprint density at radius 2 is 1.91 bits per heavy atom. The Morgan fingerprint density at radius 3 is 2.63 bits per heavy atom. The van der Waals surface area contributed by atoms with Gasteiger partial charge in [0.15, 0.2) is 0 Å². The van der Waals surface area contributed by atoms with Crippen molar-refractivity contribution in [2.75, 3.05) is 26.2 Å². The van der Waals surface area contributed by atoms with Crippen molar-refractivity contribution in [3.05, 3.63) is 55.7 Å². The van der Waals surface area contributed by atoms with E-state index in [-0.39, 0.29) is 43.8 Å². The predicted octanol–water partition coefficient (Wildman–Crippen LogP) is 5.89. The lowest BCUT2D eigenvalue weighted by atomic mass is 9.93. The number of halogens is 2. The van der Waals surface area contributed by atoms with Crippen molar-refractivity contribution in [2.45, 2.75) is 58.4 Å².